The third-order valence-electron chi connectivity index (χ3n) is 4.06. The number of benzene rings is 2. The van der Waals surface area contributed by atoms with Crippen LogP contribution in [-0.2, 0) is 10.0 Å². The zero-order valence-electron chi connectivity index (χ0n) is 14.6. The highest BCUT2D eigenvalue weighted by Gasteiger charge is 2.16. The summed E-state index contributed by atoms with van der Waals surface area (Å²) in [5.41, 5.74) is 0.938. The largest absolute Gasteiger partial charge is 0.348 e. The van der Waals surface area contributed by atoms with Crippen LogP contribution in [0.15, 0.2) is 35.1 Å². The van der Waals surface area contributed by atoms with E-state index in [1.807, 2.05) is 0 Å². The van der Waals surface area contributed by atoms with Crippen molar-refractivity contribution in [2.45, 2.75) is 6.92 Å². The third-order valence-corrected chi connectivity index (χ3v) is 4.98. The predicted molar refractivity (Wildman–Crippen MR) is 105 cm³/mol. The van der Waals surface area contributed by atoms with E-state index < -0.39 is 21.5 Å². The molecule has 2 heterocycles. The molecule has 0 fully saturated rings. The molecular weight excluding hydrogens is 409 g/mol. The molecule has 144 valence electrons. The van der Waals surface area contributed by atoms with Crippen LogP contribution in [0.5, 0.6) is 0 Å². The molecule has 0 atom stereocenters. The first-order valence-electron chi connectivity index (χ1n) is 7.99. The summed E-state index contributed by atoms with van der Waals surface area (Å²) in [6.45, 7) is 1.66. The number of nitrogens with zero attached hydrogens (tertiary/aromatic N) is 3. The van der Waals surface area contributed by atoms with Crippen LogP contribution >= 0.6 is 11.6 Å². The molecule has 0 amide bonds. The quantitative estimate of drug-likeness (QED) is 0.528. The van der Waals surface area contributed by atoms with Crippen LogP contribution in [0.1, 0.15) is 5.82 Å². The Morgan fingerprint density at radius 3 is 2.64 bits per heavy atom. The first-order valence-corrected chi connectivity index (χ1v) is 10.3. The Morgan fingerprint density at radius 1 is 1.21 bits per heavy atom. The highest BCUT2D eigenvalue weighted by molar-refractivity contribution is 7.92. The summed E-state index contributed by atoms with van der Waals surface area (Å²) in [7, 11) is -3.53. The van der Waals surface area contributed by atoms with E-state index in [1.165, 1.54) is 18.2 Å². The number of hydrogen-bond acceptors (Lipinski definition) is 5. The zero-order valence-corrected chi connectivity index (χ0v) is 16.2. The molecule has 0 aliphatic heterocycles. The molecule has 0 saturated heterocycles. The number of aryl methyl sites for hydroxylation is 1. The van der Waals surface area contributed by atoms with E-state index >= 15 is 0 Å². The lowest BCUT2D eigenvalue weighted by Crippen LogP contribution is -2.17. The molecule has 2 aromatic heterocycles. The number of fused-ring (bicyclic) bond motifs is 3. The number of hydrogen-bond donors (Lipinski definition) is 2. The number of aromatic amines is 1. The number of H-pyrrole nitrogens is 1. The maximum atomic E-state index is 14.7. The number of sulfonamides is 1. The standard InChI is InChI=1S/C17H13ClFN5O3S/c1-8-20-16-12-6-11(13(18)7-15(12)21-17(25)24(16)22-8)10-4-3-9(5-14(10)19)23-28(2,26)27/h3-7,23H,1-2H3,(H,21,25). The Hall–Kier alpha value is -2.98. The molecule has 0 spiro atoms. The van der Waals surface area contributed by atoms with Crippen molar-refractivity contribution in [3.8, 4) is 11.1 Å². The van der Waals surface area contributed by atoms with Crippen LogP contribution in [0.4, 0.5) is 10.1 Å². The fourth-order valence-electron chi connectivity index (χ4n) is 2.98. The van der Waals surface area contributed by atoms with Crippen molar-refractivity contribution >= 4 is 43.9 Å². The van der Waals surface area contributed by atoms with Gasteiger partial charge in [-0.2, -0.15) is 4.52 Å². The van der Waals surface area contributed by atoms with Crippen LogP contribution in [0.25, 0.3) is 27.7 Å². The smallest absolute Gasteiger partial charge is 0.305 e. The molecule has 4 rings (SSSR count). The van der Waals surface area contributed by atoms with Gasteiger partial charge in [0.2, 0.25) is 10.0 Å². The van der Waals surface area contributed by atoms with Crippen LogP contribution in [-0.4, -0.2) is 34.3 Å². The summed E-state index contributed by atoms with van der Waals surface area (Å²) in [6, 6.07) is 7.05. The minimum absolute atomic E-state index is 0.0977. The predicted octanol–water partition coefficient (Wildman–Crippen LogP) is 2.71. The first-order chi connectivity index (χ1) is 13.1. The summed E-state index contributed by atoms with van der Waals surface area (Å²) >= 11 is 6.32. The summed E-state index contributed by atoms with van der Waals surface area (Å²) in [5, 5.41) is 4.79. The molecule has 2 aromatic carbocycles. The van der Waals surface area contributed by atoms with Crippen LogP contribution < -0.4 is 10.4 Å². The van der Waals surface area contributed by atoms with E-state index in [4.69, 9.17) is 11.6 Å². The lowest BCUT2D eigenvalue weighted by atomic mass is 10.0. The van der Waals surface area contributed by atoms with E-state index in [-0.39, 0.29) is 16.3 Å². The average molecular weight is 422 g/mol. The van der Waals surface area contributed by atoms with Gasteiger partial charge in [-0.3, -0.25) is 4.72 Å². The molecule has 0 saturated carbocycles. The molecular formula is C17H13ClFN5O3S. The second kappa shape index (κ2) is 6.28. The number of anilines is 1. The highest BCUT2D eigenvalue weighted by atomic mass is 35.5. The van der Waals surface area contributed by atoms with E-state index in [2.05, 4.69) is 19.8 Å². The molecule has 0 unspecified atom stereocenters. The Labute approximate surface area is 163 Å². The van der Waals surface area contributed by atoms with Crippen molar-refractivity contribution in [1.29, 1.82) is 0 Å². The lowest BCUT2D eigenvalue weighted by Gasteiger charge is -2.10. The van der Waals surface area contributed by atoms with Crippen LogP contribution in [0.2, 0.25) is 5.02 Å². The van der Waals surface area contributed by atoms with E-state index in [9.17, 15) is 17.6 Å². The van der Waals surface area contributed by atoms with Gasteiger partial charge in [0.15, 0.2) is 5.65 Å². The monoisotopic (exact) mass is 421 g/mol. The maximum absolute atomic E-state index is 14.7. The molecule has 4 aromatic rings. The van der Waals surface area contributed by atoms with Gasteiger partial charge in [-0.25, -0.2) is 22.6 Å². The van der Waals surface area contributed by atoms with Gasteiger partial charge >= 0.3 is 5.69 Å². The SMILES string of the molecule is Cc1nc2c3cc(-c4ccc(NS(C)(=O)=O)cc4F)c(Cl)cc3[nH]c(=O)n2n1. The molecule has 0 bridgehead atoms. The molecule has 0 aliphatic carbocycles. The molecule has 0 aliphatic rings. The summed E-state index contributed by atoms with van der Waals surface area (Å²) < 4.78 is 40.7. The minimum atomic E-state index is -3.53. The highest BCUT2D eigenvalue weighted by Crippen LogP contribution is 2.34. The van der Waals surface area contributed by atoms with Gasteiger partial charge in [-0.1, -0.05) is 11.6 Å². The number of nitrogens with one attached hydrogen (secondary N) is 2. The Kier molecular flexibility index (Phi) is 4.12. The van der Waals surface area contributed by atoms with Crippen molar-refractivity contribution < 1.29 is 12.8 Å². The first kappa shape index (κ1) is 18.4. The Balaban J connectivity index is 1.94. The van der Waals surface area contributed by atoms with Crippen molar-refractivity contribution in [3.63, 3.8) is 0 Å². The fraction of sp³-hybridized carbons (Fsp3) is 0.118. The number of rotatable bonds is 3. The van der Waals surface area contributed by atoms with Gasteiger partial charge < -0.3 is 4.98 Å². The third kappa shape index (κ3) is 3.20. The lowest BCUT2D eigenvalue weighted by molar-refractivity contribution is 0.606. The molecule has 8 nitrogen and oxygen atoms in total. The normalized spacial score (nSPS) is 12.0. The maximum Gasteiger partial charge on any atom is 0.348 e. The van der Waals surface area contributed by atoms with Crippen molar-refractivity contribution in [1.82, 2.24) is 19.6 Å². The topological polar surface area (TPSA) is 109 Å². The van der Waals surface area contributed by atoms with E-state index in [1.54, 1.807) is 13.0 Å². The van der Waals surface area contributed by atoms with E-state index in [0.29, 0.717) is 27.9 Å². The van der Waals surface area contributed by atoms with Crippen molar-refractivity contribution in [3.05, 3.63) is 57.5 Å². The minimum Gasteiger partial charge on any atom is -0.305 e. The Morgan fingerprint density at radius 2 is 1.96 bits per heavy atom. The van der Waals surface area contributed by atoms with Gasteiger partial charge in [0.25, 0.3) is 0 Å². The Bertz CT molecular complexity index is 1430. The van der Waals surface area contributed by atoms with Gasteiger partial charge in [0.05, 0.1) is 22.5 Å². The van der Waals surface area contributed by atoms with E-state index in [0.717, 1.165) is 16.8 Å². The van der Waals surface area contributed by atoms with Crippen LogP contribution in [0.3, 0.4) is 0 Å². The second-order valence-electron chi connectivity index (χ2n) is 6.27. The fourth-order valence-corrected chi connectivity index (χ4v) is 3.80. The van der Waals surface area contributed by atoms with Crippen LogP contribution in [0, 0.1) is 12.7 Å². The number of aromatic nitrogens is 4. The summed E-state index contributed by atoms with van der Waals surface area (Å²) in [6.07, 6.45) is 0.978. The number of halogens is 2. The van der Waals surface area contributed by atoms with Gasteiger partial charge in [-0.05, 0) is 37.3 Å². The molecule has 0 radical (unpaired) electrons. The van der Waals surface area contributed by atoms with Gasteiger partial charge in [0, 0.05) is 16.5 Å². The van der Waals surface area contributed by atoms with Gasteiger partial charge in [0.1, 0.15) is 11.6 Å². The summed E-state index contributed by atoms with van der Waals surface area (Å²) in [5.74, 6) is -0.245. The van der Waals surface area contributed by atoms with Crippen molar-refractivity contribution in [2.75, 3.05) is 11.0 Å². The van der Waals surface area contributed by atoms with Gasteiger partial charge in [-0.15, -0.1) is 5.10 Å². The second-order valence-corrected chi connectivity index (χ2v) is 8.43. The average Bonchev–Trinajstić information content (AvgIpc) is 2.96. The van der Waals surface area contributed by atoms with Crippen molar-refractivity contribution in [2.24, 2.45) is 0 Å². The molecule has 2 N–H and O–H groups in total. The zero-order chi connectivity index (χ0) is 20.2. The molecule has 28 heavy (non-hydrogen) atoms. The summed E-state index contributed by atoms with van der Waals surface area (Å²) in [4.78, 5) is 19.1. The molecule has 11 heteroatoms.